The van der Waals surface area contributed by atoms with Crippen molar-refractivity contribution in [1.29, 1.82) is 0 Å². The van der Waals surface area contributed by atoms with E-state index in [1.807, 2.05) is 0 Å². The van der Waals surface area contributed by atoms with E-state index in [-0.39, 0.29) is 12.2 Å². The van der Waals surface area contributed by atoms with E-state index in [2.05, 4.69) is 0 Å². The average molecular weight is 161 g/mol. The summed E-state index contributed by atoms with van der Waals surface area (Å²) in [5.74, 6) is 0. The molecule has 0 amide bonds. The molecule has 0 bridgehead atoms. The maximum atomic E-state index is 9.33. The smallest absolute Gasteiger partial charge is 0.107 e. The Morgan fingerprint density at radius 1 is 1.09 bits per heavy atom. The average Bonchev–Trinajstić information content (AvgIpc) is 1.97. The topological polar surface area (TPSA) is 75.7 Å². The van der Waals surface area contributed by atoms with Gasteiger partial charge in [0, 0.05) is 0 Å². The Labute approximate surface area is 66.0 Å². The zero-order valence-electron chi connectivity index (χ0n) is 6.77. The Morgan fingerprint density at radius 3 is 2.18 bits per heavy atom. The van der Waals surface area contributed by atoms with Gasteiger partial charge in [0.25, 0.3) is 0 Å². The van der Waals surface area contributed by atoms with E-state index < -0.39 is 18.2 Å². The number of aliphatic hydroxyl groups is 2. The zero-order valence-corrected chi connectivity index (χ0v) is 6.77. The lowest BCUT2D eigenvalue weighted by Gasteiger charge is -2.38. The van der Waals surface area contributed by atoms with Gasteiger partial charge in [0.1, 0.15) is 6.10 Å². The van der Waals surface area contributed by atoms with Crippen molar-refractivity contribution in [3.63, 3.8) is 0 Å². The Kier molecular flexibility index (Phi) is 2.49. The number of nitrogens with two attached hydrogens (primary N) is 1. The van der Waals surface area contributed by atoms with Crippen LogP contribution in [0.5, 0.6) is 0 Å². The maximum absolute atomic E-state index is 9.33. The molecule has 66 valence electrons. The van der Waals surface area contributed by atoms with Gasteiger partial charge < -0.3 is 20.7 Å². The predicted molar refractivity (Wildman–Crippen MR) is 40.0 cm³/mol. The molecule has 1 aliphatic rings. The van der Waals surface area contributed by atoms with Crippen molar-refractivity contribution in [1.82, 2.24) is 0 Å². The highest BCUT2D eigenvalue weighted by molar-refractivity contribution is 4.91. The van der Waals surface area contributed by atoms with Gasteiger partial charge in [-0.2, -0.15) is 0 Å². The van der Waals surface area contributed by atoms with Crippen molar-refractivity contribution < 1.29 is 14.9 Å². The highest BCUT2D eigenvalue weighted by Crippen LogP contribution is 2.18. The molecular formula is C7H15NO3. The summed E-state index contributed by atoms with van der Waals surface area (Å²) in [6.07, 6.45) is -2.25. The van der Waals surface area contributed by atoms with Crippen LogP contribution in [0.25, 0.3) is 0 Å². The molecule has 0 radical (unpaired) electrons. The lowest BCUT2D eigenvalue weighted by atomic mass is 9.95. The fourth-order valence-electron chi connectivity index (χ4n) is 1.29. The van der Waals surface area contributed by atoms with Crippen LogP contribution in [0.1, 0.15) is 13.8 Å². The van der Waals surface area contributed by atoms with E-state index in [9.17, 15) is 10.2 Å². The normalized spacial score (nSPS) is 52.6. The third-order valence-corrected chi connectivity index (χ3v) is 2.20. The van der Waals surface area contributed by atoms with Gasteiger partial charge in [-0.05, 0) is 13.8 Å². The van der Waals surface area contributed by atoms with E-state index in [1.165, 1.54) is 0 Å². The number of rotatable bonds is 0. The SMILES string of the molecule is C[C@@H]1O[C@@H](C)[C@H](O)[C@@H](O)[C@H]1N. The van der Waals surface area contributed by atoms with Gasteiger partial charge in [0.05, 0.1) is 24.4 Å². The van der Waals surface area contributed by atoms with Gasteiger partial charge in [0.2, 0.25) is 0 Å². The van der Waals surface area contributed by atoms with E-state index >= 15 is 0 Å². The molecule has 1 fully saturated rings. The van der Waals surface area contributed by atoms with Crippen molar-refractivity contribution >= 4 is 0 Å². The minimum Gasteiger partial charge on any atom is -0.389 e. The minimum absolute atomic E-state index is 0.191. The molecule has 0 spiro atoms. The van der Waals surface area contributed by atoms with Crippen molar-refractivity contribution in [2.24, 2.45) is 5.73 Å². The fraction of sp³-hybridized carbons (Fsp3) is 1.00. The van der Waals surface area contributed by atoms with Gasteiger partial charge in [0.15, 0.2) is 0 Å². The van der Waals surface area contributed by atoms with Gasteiger partial charge in [-0.1, -0.05) is 0 Å². The van der Waals surface area contributed by atoms with Crippen LogP contribution in [0.3, 0.4) is 0 Å². The van der Waals surface area contributed by atoms with Crippen LogP contribution in [0.4, 0.5) is 0 Å². The molecule has 0 unspecified atom stereocenters. The van der Waals surface area contributed by atoms with Crippen LogP contribution in [-0.2, 0) is 4.74 Å². The first-order valence-corrected chi connectivity index (χ1v) is 3.81. The minimum atomic E-state index is -0.867. The highest BCUT2D eigenvalue weighted by Gasteiger charge is 2.38. The zero-order chi connectivity index (χ0) is 8.59. The monoisotopic (exact) mass is 161 g/mol. The molecule has 0 saturated carbocycles. The molecule has 5 atom stereocenters. The second-order valence-electron chi connectivity index (χ2n) is 3.10. The third kappa shape index (κ3) is 1.54. The largest absolute Gasteiger partial charge is 0.389 e. The van der Waals surface area contributed by atoms with Gasteiger partial charge in [-0.15, -0.1) is 0 Å². The first-order chi connectivity index (χ1) is 5.04. The highest BCUT2D eigenvalue weighted by atomic mass is 16.5. The Morgan fingerprint density at radius 2 is 1.64 bits per heavy atom. The van der Waals surface area contributed by atoms with Crippen molar-refractivity contribution in [3.8, 4) is 0 Å². The molecule has 0 aromatic rings. The summed E-state index contributed by atoms with van der Waals surface area (Å²) in [5, 5.41) is 18.6. The van der Waals surface area contributed by atoms with Crippen LogP contribution < -0.4 is 5.73 Å². The molecule has 1 aliphatic heterocycles. The predicted octanol–water partition coefficient (Wildman–Crippen LogP) is -1.16. The standard InChI is InChI=1S/C7H15NO3/c1-3-5(8)7(10)6(9)4(2)11-3/h3-7,9-10H,8H2,1-2H3/t3-,4-,5-,6-,7-/m0/s1. The summed E-state index contributed by atoms with van der Waals surface area (Å²) in [5.41, 5.74) is 5.54. The van der Waals surface area contributed by atoms with Gasteiger partial charge in [-0.25, -0.2) is 0 Å². The summed E-state index contributed by atoms with van der Waals surface area (Å²) in [6.45, 7) is 3.51. The number of aliphatic hydroxyl groups excluding tert-OH is 2. The second-order valence-corrected chi connectivity index (χ2v) is 3.10. The Hall–Kier alpha value is -0.160. The molecule has 1 rings (SSSR count). The van der Waals surface area contributed by atoms with E-state index in [1.54, 1.807) is 13.8 Å². The number of hydrogen-bond donors (Lipinski definition) is 3. The Balaban J connectivity index is 2.63. The molecular weight excluding hydrogens is 146 g/mol. The Bertz CT molecular complexity index is 128. The molecule has 4 heteroatoms. The summed E-state index contributed by atoms with van der Waals surface area (Å²) < 4.78 is 5.25. The molecule has 0 aliphatic carbocycles. The van der Waals surface area contributed by atoms with Crippen molar-refractivity contribution in [2.75, 3.05) is 0 Å². The van der Waals surface area contributed by atoms with Crippen LogP contribution in [0.15, 0.2) is 0 Å². The molecule has 11 heavy (non-hydrogen) atoms. The van der Waals surface area contributed by atoms with Crippen molar-refractivity contribution in [2.45, 2.75) is 44.3 Å². The molecule has 4 nitrogen and oxygen atoms in total. The lowest BCUT2D eigenvalue weighted by Crippen LogP contribution is -2.59. The second kappa shape index (κ2) is 3.06. The maximum Gasteiger partial charge on any atom is 0.107 e. The van der Waals surface area contributed by atoms with E-state index in [0.29, 0.717) is 0 Å². The summed E-state index contributed by atoms with van der Waals surface area (Å²) in [7, 11) is 0. The number of hydrogen-bond acceptors (Lipinski definition) is 4. The van der Waals surface area contributed by atoms with Crippen molar-refractivity contribution in [3.05, 3.63) is 0 Å². The van der Waals surface area contributed by atoms with E-state index in [4.69, 9.17) is 10.5 Å². The molecule has 0 aromatic heterocycles. The molecule has 1 saturated heterocycles. The van der Waals surface area contributed by atoms with Gasteiger partial charge in [-0.3, -0.25) is 0 Å². The molecule has 1 heterocycles. The lowest BCUT2D eigenvalue weighted by molar-refractivity contribution is -0.166. The van der Waals surface area contributed by atoms with Crippen LogP contribution in [-0.4, -0.2) is 40.7 Å². The summed E-state index contributed by atoms with van der Waals surface area (Å²) >= 11 is 0. The number of ether oxygens (including phenoxy) is 1. The first kappa shape index (κ1) is 8.93. The molecule has 0 aromatic carbocycles. The quantitative estimate of drug-likeness (QED) is 0.419. The third-order valence-electron chi connectivity index (χ3n) is 2.20. The molecule has 4 N–H and O–H groups in total. The van der Waals surface area contributed by atoms with Gasteiger partial charge >= 0.3 is 0 Å². The summed E-state index contributed by atoms with van der Waals surface area (Å²) in [6, 6.07) is -0.485. The van der Waals surface area contributed by atoms with Crippen LogP contribution >= 0.6 is 0 Å². The van der Waals surface area contributed by atoms with Crippen LogP contribution in [0, 0.1) is 0 Å². The summed E-state index contributed by atoms with van der Waals surface area (Å²) in [4.78, 5) is 0. The first-order valence-electron chi connectivity index (χ1n) is 3.81. The van der Waals surface area contributed by atoms with Crippen LogP contribution in [0.2, 0.25) is 0 Å². The van der Waals surface area contributed by atoms with E-state index in [0.717, 1.165) is 0 Å². The fourth-order valence-corrected chi connectivity index (χ4v) is 1.29.